The summed E-state index contributed by atoms with van der Waals surface area (Å²) in [5.74, 6) is 0.286. The van der Waals surface area contributed by atoms with Gasteiger partial charge in [-0.1, -0.05) is 0 Å². The van der Waals surface area contributed by atoms with Crippen LogP contribution in [0.3, 0.4) is 0 Å². The van der Waals surface area contributed by atoms with Crippen LogP contribution in [0.1, 0.15) is 12.2 Å². The molecule has 0 aromatic carbocycles. The Kier molecular flexibility index (Phi) is 3.32. The molecular weight excluding hydrogens is 292 g/mol. The van der Waals surface area contributed by atoms with Crippen molar-refractivity contribution in [1.82, 2.24) is 24.7 Å². The molecule has 9 heteroatoms. The van der Waals surface area contributed by atoms with Gasteiger partial charge in [-0.05, 0) is 6.07 Å². The van der Waals surface area contributed by atoms with E-state index < -0.39 is 10.0 Å². The molecule has 0 aliphatic rings. The number of rotatable bonds is 5. The van der Waals surface area contributed by atoms with Crippen molar-refractivity contribution in [2.45, 2.75) is 13.0 Å². The highest BCUT2D eigenvalue weighted by molar-refractivity contribution is 7.89. The van der Waals surface area contributed by atoms with Gasteiger partial charge in [0.15, 0.2) is 0 Å². The second-order valence-electron chi connectivity index (χ2n) is 4.49. The summed E-state index contributed by atoms with van der Waals surface area (Å²) in [5, 5.41) is 9.30. The molecule has 0 saturated carbocycles. The van der Waals surface area contributed by atoms with Crippen molar-refractivity contribution in [1.29, 1.82) is 5.26 Å². The van der Waals surface area contributed by atoms with E-state index in [1.54, 1.807) is 18.5 Å². The van der Waals surface area contributed by atoms with Crippen LogP contribution in [0.4, 0.5) is 0 Å². The Hall–Kier alpha value is -2.44. The molecule has 0 unspecified atom stereocenters. The molecule has 0 aliphatic carbocycles. The molecule has 8 nitrogen and oxygen atoms in total. The van der Waals surface area contributed by atoms with E-state index in [0.717, 1.165) is 22.1 Å². The lowest BCUT2D eigenvalue weighted by atomic mass is 10.3. The van der Waals surface area contributed by atoms with E-state index in [2.05, 4.69) is 24.7 Å². The number of H-pyrrole nitrogens is 2. The maximum absolute atomic E-state index is 11.6. The third kappa shape index (κ3) is 2.72. The predicted octanol–water partition coefficient (Wildman–Crippen LogP) is 0.772. The van der Waals surface area contributed by atoms with Gasteiger partial charge in [-0.2, -0.15) is 5.26 Å². The first kappa shape index (κ1) is 13.5. The van der Waals surface area contributed by atoms with Crippen LogP contribution < -0.4 is 4.72 Å². The summed E-state index contributed by atoms with van der Waals surface area (Å²) in [6, 6.07) is 3.67. The van der Waals surface area contributed by atoms with Gasteiger partial charge < -0.3 is 9.97 Å². The molecule has 0 aliphatic heterocycles. The van der Waals surface area contributed by atoms with Gasteiger partial charge >= 0.3 is 0 Å². The third-order valence-electron chi connectivity index (χ3n) is 3.03. The smallest absolute Gasteiger partial charge is 0.213 e. The first-order chi connectivity index (χ1) is 10.1. The lowest BCUT2D eigenvalue weighted by molar-refractivity contribution is 0.579. The Morgan fingerprint density at radius 1 is 1.43 bits per heavy atom. The number of imidazole rings is 1. The van der Waals surface area contributed by atoms with Gasteiger partial charge in [0.25, 0.3) is 0 Å². The van der Waals surface area contributed by atoms with Crippen LogP contribution in [0.5, 0.6) is 0 Å². The van der Waals surface area contributed by atoms with Crippen LogP contribution >= 0.6 is 0 Å². The maximum atomic E-state index is 11.6. The molecule has 0 amide bonds. The molecule has 0 bridgehead atoms. The van der Waals surface area contributed by atoms with E-state index in [1.165, 1.54) is 0 Å². The third-order valence-corrected chi connectivity index (χ3v) is 4.35. The molecule has 0 radical (unpaired) electrons. The van der Waals surface area contributed by atoms with Crippen molar-refractivity contribution in [2.75, 3.05) is 5.75 Å². The van der Waals surface area contributed by atoms with E-state index in [1.807, 2.05) is 6.07 Å². The molecule has 108 valence electrons. The molecule has 0 spiro atoms. The van der Waals surface area contributed by atoms with E-state index in [4.69, 9.17) is 5.26 Å². The number of nitrogens with zero attached hydrogens (tertiary/aromatic N) is 3. The highest BCUT2D eigenvalue weighted by Gasteiger charge is 2.12. The molecule has 3 aromatic heterocycles. The fourth-order valence-corrected chi connectivity index (χ4v) is 2.90. The summed E-state index contributed by atoms with van der Waals surface area (Å²) in [7, 11) is -3.47. The molecule has 0 saturated heterocycles. The lowest BCUT2D eigenvalue weighted by Crippen LogP contribution is -2.26. The maximum Gasteiger partial charge on any atom is 0.213 e. The molecule has 3 rings (SSSR count). The van der Waals surface area contributed by atoms with Gasteiger partial charge in [-0.25, -0.2) is 23.1 Å². The molecule has 3 N–H and O–H groups in total. The Morgan fingerprint density at radius 3 is 3.10 bits per heavy atom. The Balaban J connectivity index is 1.84. The van der Waals surface area contributed by atoms with Crippen molar-refractivity contribution in [3.05, 3.63) is 24.3 Å². The molecule has 3 aromatic rings. The quantitative estimate of drug-likeness (QED) is 0.641. The van der Waals surface area contributed by atoms with Crippen LogP contribution in [-0.2, 0) is 16.6 Å². The summed E-state index contributed by atoms with van der Waals surface area (Å²) in [6.07, 6.45) is 3.38. The first-order valence-corrected chi connectivity index (χ1v) is 7.89. The lowest BCUT2D eigenvalue weighted by Gasteiger charge is -2.01. The van der Waals surface area contributed by atoms with Crippen LogP contribution in [0, 0.1) is 11.3 Å². The normalized spacial score (nSPS) is 12.0. The van der Waals surface area contributed by atoms with E-state index in [-0.39, 0.29) is 18.7 Å². The number of hydrogen-bond donors (Lipinski definition) is 3. The van der Waals surface area contributed by atoms with Gasteiger partial charge in [0.05, 0.1) is 36.5 Å². The van der Waals surface area contributed by atoms with Gasteiger partial charge in [0.1, 0.15) is 17.0 Å². The minimum atomic E-state index is -3.47. The Morgan fingerprint density at radius 2 is 2.29 bits per heavy atom. The Bertz CT molecular complexity index is 934. The number of nitrogens with one attached hydrogen (secondary N) is 3. The van der Waals surface area contributed by atoms with Gasteiger partial charge in [-0.15, -0.1) is 0 Å². The fraction of sp³-hybridized carbons (Fsp3) is 0.250. The molecule has 21 heavy (non-hydrogen) atoms. The van der Waals surface area contributed by atoms with Crippen molar-refractivity contribution < 1.29 is 8.42 Å². The standard InChI is InChI=1S/C12H12N6O2S/c13-3-1-5-21(19,20)16-7-10-17-9-6-15-12-8(2-4-14-12)11(9)18-10/h2,4,6,16H,1,5,7H2,(H,14,15)(H,17,18). The SMILES string of the molecule is N#CCCS(=O)(=O)NCc1nc2c(cnc3[nH]ccc32)[nH]1. The highest BCUT2D eigenvalue weighted by atomic mass is 32.2. The zero-order chi connectivity index (χ0) is 14.9. The van der Waals surface area contributed by atoms with Crippen LogP contribution in [-0.4, -0.2) is 34.1 Å². The zero-order valence-corrected chi connectivity index (χ0v) is 11.7. The monoisotopic (exact) mass is 304 g/mol. The first-order valence-electron chi connectivity index (χ1n) is 6.24. The molecular formula is C12H12N6O2S. The van der Waals surface area contributed by atoms with Gasteiger partial charge in [0.2, 0.25) is 10.0 Å². The summed E-state index contributed by atoms with van der Waals surface area (Å²) < 4.78 is 25.7. The highest BCUT2D eigenvalue weighted by Crippen LogP contribution is 2.20. The fourth-order valence-electron chi connectivity index (χ4n) is 2.04. The molecule has 0 atom stereocenters. The largest absolute Gasteiger partial charge is 0.346 e. The minimum Gasteiger partial charge on any atom is -0.346 e. The van der Waals surface area contributed by atoms with Crippen LogP contribution in [0.2, 0.25) is 0 Å². The zero-order valence-electron chi connectivity index (χ0n) is 10.9. The van der Waals surface area contributed by atoms with Crippen molar-refractivity contribution in [2.24, 2.45) is 0 Å². The van der Waals surface area contributed by atoms with Crippen LogP contribution in [0.15, 0.2) is 18.5 Å². The van der Waals surface area contributed by atoms with E-state index in [9.17, 15) is 8.42 Å². The average Bonchev–Trinajstić information content (AvgIpc) is 3.08. The second-order valence-corrected chi connectivity index (χ2v) is 6.42. The second kappa shape index (κ2) is 5.16. The van der Waals surface area contributed by atoms with Gasteiger partial charge in [0, 0.05) is 11.6 Å². The van der Waals surface area contributed by atoms with Crippen molar-refractivity contribution in [3.63, 3.8) is 0 Å². The summed E-state index contributed by atoms with van der Waals surface area (Å²) in [6.45, 7) is 0.0500. The summed E-state index contributed by atoms with van der Waals surface area (Å²) in [4.78, 5) is 14.6. The number of hydrogen-bond acceptors (Lipinski definition) is 5. The summed E-state index contributed by atoms with van der Waals surface area (Å²) in [5.41, 5.74) is 2.22. The number of fused-ring (bicyclic) bond motifs is 3. The van der Waals surface area contributed by atoms with E-state index in [0.29, 0.717) is 5.82 Å². The molecule has 3 heterocycles. The minimum absolute atomic E-state index is 0.0383. The number of nitriles is 1. The topological polar surface area (TPSA) is 127 Å². The van der Waals surface area contributed by atoms with Crippen molar-refractivity contribution >= 4 is 32.1 Å². The number of sulfonamides is 1. The number of aromatic amines is 2. The molecule has 0 fully saturated rings. The predicted molar refractivity (Wildman–Crippen MR) is 76.6 cm³/mol. The summed E-state index contributed by atoms with van der Waals surface area (Å²) >= 11 is 0. The Labute approximate surface area is 120 Å². The van der Waals surface area contributed by atoms with Crippen LogP contribution in [0.25, 0.3) is 22.1 Å². The van der Waals surface area contributed by atoms with E-state index >= 15 is 0 Å². The number of aromatic nitrogens is 4. The number of pyridine rings is 1. The van der Waals surface area contributed by atoms with Gasteiger partial charge in [-0.3, -0.25) is 0 Å². The van der Waals surface area contributed by atoms with Crippen molar-refractivity contribution in [3.8, 4) is 6.07 Å². The average molecular weight is 304 g/mol.